The predicted molar refractivity (Wildman–Crippen MR) is 74.3 cm³/mol. The van der Waals surface area contributed by atoms with Crippen LogP contribution < -0.4 is 10.1 Å². The Morgan fingerprint density at radius 2 is 1.72 bits per heavy atom. The Labute approximate surface area is 110 Å². The zero-order valence-electron chi connectivity index (χ0n) is 9.92. The van der Waals surface area contributed by atoms with Crippen LogP contribution in [0.5, 0.6) is 5.75 Å². The molecule has 2 rings (SSSR count). The average Bonchev–Trinajstić information content (AvgIpc) is 2.40. The highest BCUT2D eigenvalue weighted by atomic mass is 32.2. The molecule has 3 nitrogen and oxygen atoms in total. The minimum Gasteiger partial charge on any atom is -0.410 e. The third kappa shape index (κ3) is 3.53. The molecule has 0 aliphatic rings. The summed E-state index contributed by atoms with van der Waals surface area (Å²) in [6, 6.07) is 16.5. The topological polar surface area (TPSA) is 38.3 Å². The summed E-state index contributed by atoms with van der Waals surface area (Å²) in [6.45, 7) is 0. The van der Waals surface area contributed by atoms with Crippen molar-refractivity contribution in [3.05, 3.63) is 54.6 Å². The van der Waals surface area contributed by atoms with E-state index in [2.05, 4.69) is 5.32 Å². The second-order valence-electron chi connectivity index (χ2n) is 3.56. The minimum atomic E-state index is -0.488. The monoisotopic (exact) mass is 259 g/mol. The van der Waals surface area contributed by atoms with E-state index in [1.165, 1.54) is 0 Å². The van der Waals surface area contributed by atoms with E-state index in [-0.39, 0.29) is 0 Å². The summed E-state index contributed by atoms with van der Waals surface area (Å²) in [4.78, 5) is 12.7. The van der Waals surface area contributed by atoms with Gasteiger partial charge in [0.25, 0.3) is 0 Å². The van der Waals surface area contributed by atoms with Crippen LogP contribution in [0, 0.1) is 0 Å². The maximum Gasteiger partial charge on any atom is 0.417 e. The highest BCUT2D eigenvalue weighted by Crippen LogP contribution is 2.18. The zero-order valence-corrected chi connectivity index (χ0v) is 10.7. The molecular weight excluding hydrogens is 246 g/mol. The molecule has 4 heteroatoms. The van der Waals surface area contributed by atoms with Crippen molar-refractivity contribution in [2.75, 3.05) is 11.6 Å². The SMILES string of the molecule is CSc1ccc(NC(=O)Oc2ccccc2)cc1. The van der Waals surface area contributed by atoms with Crippen LogP contribution in [-0.2, 0) is 0 Å². The van der Waals surface area contributed by atoms with Crippen LogP contribution >= 0.6 is 11.8 Å². The third-order valence-electron chi connectivity index (χ3n) is 2.29. The Kier molecular flexibility index (Phi) is 4.25. The highest BCUT2D eigenvalue weighted by Gasteiger charge is 2.04. The second kappa shape index (κ2) is 6.12. The van der Waals surface area contributed by atoms with Gasteiger partial charge in [0.2, 0.25) is 0 Å². The van der Waals surface area contributed by atoms with Crippen molar-refractivity contribution in [1.82, 2.24) is 0 Å². The number of para-hydroxylation sites is 1. The van der Waals surface area contributed by atoms with Crippen molar-refractivity contribution in [1.29, 1.82) is 0 Å². The van der Waals surface area contributed by atoms with E-state index in [1.54, 1.807) is 23.9 Å². The Hall–Kier alpha value is -1.94. The summed E-state index contributed by atoms with van der Waals surface area (Å²) in [7, 11) is 0. The van der Waals surface area contributed by atoms with Crippen LogP contribution in [0.1, 0.15) is 0 Å². The molecule has 0 aliphatic carbocycles. The summed E-state index contributed by atoms with van der Waals surface area (Å²) < 4.78 is 5.12. The second-order valence-corrected chi connectivity index (χ2v) is 4.44. The molecule has 0 aliphatic heterocycles. The van der Waals surface area contributed by atoms with Crippen LogP contribution in [0.2, 0.25) is 0 Å². The summed E-state index contributed by atoms with van der Waals surface area (Å²) in [5.74, 6) is 0.524. The van der Waals surface area contributed by atoms with Gasteiger partial charge in [-0.2, -0.15) is 0 Å². The molecule has 0 saturated heterocycles. The van der Waals surface area contributed by atoms with Gasteiger partial charge in [-0.1, -0.05) is 18.2 Å². The summed E-state index contributed by atoms with van der Waals surface area (Å²) in [6.07, 6.45) is 1.52. The number of nitrogens with one attached hydrogen (secondary N) is 1. The quantitative estimate of drug-likeness (QED) is 0.846. The molecule has 0 atom stereocenters. The summed E-state index contributed by atoms with van der Waals surface area (Å²) >= 11 is 1.66. The van der Waals surface area contributed by atoms with Crippen LogP contribution in [0.4, 0.5) is 10.5 Å². The summed E-state index contributed by atoms with van der Waals surface area (Å²) in [5.41, 5.74) is 0.716. The van der Waals surface area contributed by atoms with Crippen LogP contribution in [0.25, 0.3) is 0 Å². The number of thioether (sulfide) groups is 1. The number of amides is 1. The number of carbonyl (C=O) groups excluding carboxylic acids is 1. The Balaban J connectivity index is 1.94. The average molecular weight is 259 g/mol. The Morgan fingerprint density at radius 3 is 2.33 bits per heavy atom. The first-order valence-electron chi connectivity index (χ1n) is 5.46. The lowest BCUT2D eigenvalue weighted by molar-refractivity contribution is 0.215. The number of rotatable bonds is 3. The van der Waals surface area contributed by atoms with Gasteiger partial charge in [0.05, 0.1) is 0 Å². The van der Waals surface area contributed by atoms with E-state index in [1.807, 2.05) is 48.7 Å². The normalized spacial score (nSPS) is 9.83. The molecule has 2 aromatic carbocycles. The molecule has 0 aromatic heterocycles. The Morgan fingerprint density at radius 1 is 1.06 bits per heavy atom. The molecule has 1 N–H and O–H groups in total. The van der Waals surface area contributed by atoms with Gasteiger partial charge >= 0.3 is 6.09 Å². The van der Waals surface area contributed by atoms with Crippen LogP contribution in [0.3, 0.4) is 0 Å². The van der Waals surface area contributed by atoms with Gasteiger partial charge in [-0.3, -0.25) is 5.32 Å². The standard InChI is InChI=1S/C14H13NO2S/c1-18-13-9-7-11(8-10-13)15-14(16)17-12-5-3-2-4-6-12/h2-10H,1H3,(H,15,16). The Bertz CT molecular complexity index is 511. The molecule has 0 fully saturated rings. The minimum absolute atomic E-state index is 0.488. The molecule has 0 bridgehead atoms. The molecular formula is C14H13NO2S. The number of carbonyl (C=O) groups is 1. The smallest absolute Gasteiger partial charge is 0.410 e. The molecule has 18 heavy (non-hydrogen) atoms. The van der Waals surface area contributed by atoms with Crippen molar-refractivity contribution < 1.29 is 9.53 Å². The zero-order chi connectivity index (χ0) is 12.8. The predicted octanol–water partition coefficient (Wildman–Crippen LogP) is 4.02. The molecule has 2 aromatic rings. The van der Waals surface area contributed by atoms with Gasteiger partial charge in [-0.25, -0.2) is 4.79 Å². The van der Waals surface area contributed by atoms with E-state index >= 15 is 0 Å². The lowest BCUT2D eigenvalue weighted by atomic mass is 10.3. The molecule has 0 unspecified atom stereocenters. The van der Waals surface area contributed by atoms with Crippen molar-refractivity contribution in [3.8, 4) is 5.75 Å². The molecule has 0 spiro atoms. The number of benzene rings is 2. The third-order valence-corrected chi connectivity index (χ3v) is 3.03. The maximum absolute atomic E-state index is 11.6. The maximum atomic E-state index is 11.6. The molecule has 92 valence electrons. The number of hydrogen-bond donors (Lipinski definition) is 1. The van der Waals surface area contributed by atoms with Crippen molar-refractivity contribution in [3.63, 3.8) is 0 Å². The van der Waals surface area contributed by atoms with Crippen molar-refractivity contribution in [2.24, 2.45) is 0 Å². The van der Waals surface area contributed by atoms with E-state index in [0.717, 1.165) is 4.90 Å². The lowest BCUT2D eigenvalue weighted by Crippen LogP contribution is -2.16. The first-order chi connectivity index (χ1) is 8.78. The molecule has 0 saturated carbocycles. The molecule has 0 heterocycles. The van der Waals surface area contributed by atoms with Crippen molar-refractivity contribution >= 4 is 23.5 Å². The van der Waals surface area contributed by atoms with Gasteiger partial charge in [0.1, 0.15) is 5.75 Å². The molecule has 0 radical (unpaired) electrons. The van der Waals surface area contributed by atoms with Gasteiger partial charge < -0.3 is 4.74 Å². The first-order valence-corrected chi connectivity index (χ1v) is 6.68. The number of ether oxygens (including phenoxy) is 1. The number of anilines is 1. The van der Waals surface area contributed by atoms with Crippen molar-refractivity contribution in [2.45, 2.75) is 4.90 Å². The van der Waals surface area contributed by atoms with E-state index in [4.69, 9.17) is 4.74 Å². The van der Waals surface area contributed by atoms with Gasteiger partial charge in [0.15, 0.2) is 0 Å². The fourth-order valence-corrected chi connectivity index (χ4v) is 1.82. The van der Waals surface area contributed by atoms with Gasteiger partial charge in [-0.15, -0.1) is 11.8 Å². The van der Waals surface area contributed by atoms with Gasteiger partial charge in [-0.05, 0) is 42.7 Å². The van der Waals surface area contributed by atoms with Crippen LogP contribution in [0.15, 0.2) is 59.5 Å². The highest BCUT2D eigenvalue weighted by molar-refractivity contribution is 7.98. The van der Waals surface area contributed by atoms with Crippen LogP contribution in [-0.4, -0.2) is 12.3 Å². The summed E-state index contributed by atoms with van der Waals surface area (Å²) in [5, 5.41) is 2.67. The molecule has 1 amide bonds. The fourth-order valence-electron chi connectivity index (χ4n) is 1.41. The largest absolute Gasteiger partial charge is 0.417 e. The fraction of sp³-hybridized carbons (Fsp3) is 0.0714. The van der Waals surface area contributed by atoms with E-state index in [0.29, 0.717) is 11.4 Å². The first kappa shape index (κ1) is 12.5. The number of hydrogen-bond acceptors (Lipinski definition) is 3. The lowest BCUT2D eigenvalue weighted by Gasteiger charge is -2.06. The van der Waals surface area contributed by atoms with Gasteiger partial charge in [0, 0.05) is 10.6 Å². The van der Waals surface area contributed by atoms with E-state index < -0.39 is 6.09 Å². The van der Waals surface area contributed by atoms with E-state index in [9.17, 15) is 4.79 Å².